The fraction of sp³-hybridized carbons (Fsp3) is 0.357. The maximum atomic E-state index is 10.2. The average molecular weight is 244 g/mol. The second-order valence-electron chi connectivity index (χ2n) is 4.83. The van der Waals surface area contributed by atoms with E-state index in [2.05, 4.69) is 4.98 Å². The number of hydrogen-bond donors (Lipinski definition) is 1. The number of hydrogen-bond acceptors (Lipinski definition) is 3. The second kappa shape index (κ2) is 4.14. The van der Waals surface area contributed by atoms with E-state index in [9.17, 15) is 5.11 Å². The quantitative estimate of drug-likeness (QED) is 0.837. The third-order valence-corrected chi connectivity index (χ3v) is 3.41. The van der Waals surface area contributed by atoms with Crippen LogP contribution in [0.5, 0.6) is 5.75 Å². The van der Waals surface area contributed by atoms with E-state index in [0.29, 0.717) is 6.42 Å². The maximum Gasteiger partial charge on any atom is 0.143 e. The van der Waals surface area contributed by atoms with Crippen LogP contribution < -0.4 is 4.74 Å². The largest absolute Gasteiger partial charge is 0.484 e. The van der Waals surface area contributed by atoms with Crippen LogP contribution >= 0.6 is 0 Å². The predicted octanol–water partition coefficient (Wildman–Crippen LogP) is 2.29. The van der Waals surface area contributed by atoms with Gasteiger partial charge in [0.2, 0.25) is 0 Å². The SMILES string of the molecule is Cc1ccc2c(c1)C(O)CC(c1cncn1C)O2. The molecule has 0 aliphatic carbocycles. The molecule has 0 bridgehead atoms. The van der Waals surface area contributed by atoms with Gasteiger partial charge in [0, 0.05) is 19.0 Å². The van der Waals surface area contributed by atoms with Crippen molar-refractivity contribution in [3.05, 3.63) is 47.5 Å². The van der Waals surface area contributed by atoms with E-state index in [1.54, 1.807) is 12.5 Å². The van der Waals surface area contributed by atoms with Crippen LogP contribution in [0.15, 0.2) is 30.7 Å². The summed E-state index contributed by atoms with van der Waals surface area (Å²) in [4.78, 5) is 4.09. The third-order valence-electron chi connectivity index (χ3n) is 3.41. The van der Waals surface area contributed by atoms with Gasteiger partial charge in [-0.1, -0.05) is 11.6 Å². The lowest BCUT2D eigenvalue weighted by molar-refractivity contribution is 0.0622. The van der Waals surface area contributed by atoms with E-state index in [1.165, 1.54) is 0 Å². The first-order valence-electron chi connectivity index (χ1n) is 6.06. The zero-order valence-electron chi connectivity index (χ0n) is 10.5. The molecule has 18 heavy (non-hydrogen) atoms. The molecule has 3 rings (SSSR count). The van der Waals surface area contributed by atoms with Crippen LogP contribution in [-0.2, 0) is 7.05 Å². The van der Waals surface area contributed by atoms with Gasteiger partial charge in [-0.25, -0.2) is 4.98 Å². The number of imidazole rings is 1. The Balaban J connectivity index is 1.97. The Morgan fingerprint density at radius 3 is 3.00 bits per heavy atom. The Labute approximate surface area is 106 Å². The van der Waals surface area contributed by atoms with Gasteiger partial charge in [-0.3, -0.25) is 0 Å². The van der Waals surface area contributed by atoms with Crippen LogP contribution in [0.25, 0.3) is 0 Å². The minimum Gasteiger partial charge on any atom is -0.484 e. The molecule has 1 N–H and O–H groups in total. The summed E-state index contributed by atoms with van der Waals surface area (Å²) in [7, 11) is 1.93. The molecule has 1 aromatic heterocycles. The summed E-state index contributed by atoms with van der Waals surface area (Å²) >= 11 is 0. The lowest BCUT2D eigenvalue weighted by atomic mass is 9.96. The summed E-state index contributed by atoms with van der Waals surface area (Å²) in [5.41, 5.74) is 3.00. The summed E-state index contributed by atoms with van der Waals surface area (Å²) in [5, 5.41) is 10.2. The standard InChI is InChI=1S/C14H16N2O2/c1-9-3-4-13-10(5-9)12(17)6-14(18-13)11-7-15-8-16(11)2/h3-5,7-8,12,14,17H,6H2,1-2H3. The predicted molar refractivity (Wildman–Crippen MR) is 67.3 cm³/mol. The van der Waals surface area contributed by atoms with Gasteiger partial charge in [0.05, 0.1) is 24.3 Å². The molecule has 0 radical (unpaired) electrons. The number of aliphatic hydroxyl groups excluding tert-OH is 1. The van der Waals surface area contributed by atoms with Crippen molar-refractivity contribution in [3.63, 3.8) is 0 Å². The highest BCUT2D eigenvalue weighted by molar-refractivity contribution is 5.40. The first-order chi connectivity index (χ1) is 8.65. The number of aromatic nitrogens is 2. The monoisotopic (exact) mass is 244 g/mol. The van der Waals surface area contributed by atoms with Crippen molar-refractivity contribution in [1.82, 2.24) is 9.55 Å². The molecular weight excluding hydrogens is 228 g/mol. The fourth-order valence-corrected chi connectivity index (χ4v) is 2.43. The van der Waals surface area contributed by atoms with Crippen molar-refractivity contribution in [1.29, 1.82) is 0 Å². The summed E-state index contributed by atoms with van der Waals surface area (Å²) < 4.78 is 7.89. The van der Waals surface area contributed by atoms with Crippen LogP contribution in [0.4, 0.5) is 0 Å². The van der Waals surface area contributed by atoms with Crippen molar-refractivity contribution in [3.8, 4) is 5.75 Å². The van der Waals surface area contributed by atoms with Crippen molar-refractivity contribution in [2.45, 2.75) is 25.6 Å². The molecule has 2 heterocycles. The van der Waals surface area contributed by atoms with E-state index in [1.807, 2.05) is 36.7 Å². The van der Waals surface area contributed by atoms with Crippen LogP contribution in [0.1, 0.15) is 35.4 Å². The zero-order valence-corrected chi connectivity index (χ0v) is 10.5. The molecule has 1 aliphatic heterocycles. The highest BCUT2D eigenvalue weighted by atomic mass is 16.5. The van der Waals surface area contributed by atoms with Gasteiger partial charge >= 0.3 is 0 Å². The molecule has 2 atom stereocenters. The van der Waals surface area contributed by atoms with Crippen molar-refractivity contribution in [2.75, 3.05) is 0 Å². The van der Waals surface area contributed by atoms with Gasteiger partial charge in [-0.2, -0.15) is 0 Å². The number of aliphatic hydroxyl groups is 1. The smallest absolute Gasteiger partial charge is 0.143 e. The normalized spacial score (nSPS) is 22.4. The molecule has 2 aromatic rings. The van der Waals surface area contributed by atoms with E-state index in [-0.39, 0.29) is 6.10 Å². The van der Waals surface area contributed by atoms with E-state index in [4.69, 9.17) is 4.74 Å². The first-order valence-corrected chi connectivity index (χ1v) is 6.06. The van der Waals surface area contributed by atoms with Crippen LogP contribution in [0.3, 0.4) is 0 Å². The van der Waals surface area contributed by atoms with Crippen molar-refractivity contribution >= 4 is 0 Å². The summed E-state index contributed by atoms with van der Waals surface area (Å²) in [6.07, 6.45) is 3.48. The molecule has 0 spiro atoms. The average Bonchev–Trinajstić information content (AvgIpc) is 2.76. The maximum absolute atomic E-state index is 10.2. The molecule has 0 saturated carbocycles. The van der Waals surface area contributed by atoms with Crippen molar-refractivity contribution in [2.24, 2.45) is 7.05 Å². The number of fused-ring (bicyclic) bond motifs is 1. The molecule has 1 aliphatic rings. The lowest BCUT2D eigenvalue weighted by Crippen LogP contribution is -2.20. The van der Waals surface area contributed by atoms with Crippen LogP contribution in [0.2, 0.25) is 0 Å². The van der Waals surface area contributed by atoms with Gasteiger partial charge in [-0.15, -0.1) is 0 Å². The van der Waals surface area contributed by atoms with E-state index >= 15 is 0 Å². The van der Waals surface area contributed by atoms with E-state index < -0.39 is 6.10 Å². The van der Waals surface area contributed by atoms with Crippen LogP contribution in [-0.4, -0.2) is 14.7 Å². The number of aryl methyl sites for hydroxylation is 2. The highest BCUT2D eigenvalue weighted by Crippen LogP contribution is 2.40. The summed E-state index contributed by atoms with van der Waals surface area (Å²) in [6.45, 7) is 2.01. The Morgan fingerprint density at radius 1 is 1.44 bits per heavy atom. The Morgan fingerprint density at radius 2 is 2.28 bits per heavy atom. The molecule has 1 aromatic carbocycles. The van der Waals surface area contributed by atoms with Crippen molar-refractivity contribution < 1.29 is 9.84 Å². The fourth-order valence-electron chi connectivity index (χ4n) is 2.43. The lowest BCUT2D eigenvalue weighted by Gasteiger charge is -2.30. The first kappa shape index (κ1) is 11.3. The molecule has 2 unspecified atom stereocenters. The van der Waals surface area contributed by atoms with Gasteiger partial charge in [0.25, 0.3) is 0 Å². The Hall–Kier alpha value is -1.81. The number of nitrogens with zero attached hydrogens (tertiary/aromatic N) is 2. The number of benzene rings is 1. The zero-order chi connectivity index (χ0) is 12.7. The molecule has 0 fully saturated rings. The van der Waals surface area contributed by atoms with Crippen LogP contribution in [0, 0.1) is 6.92 Å². The Bertz CT molecular complexity index is 577. The molecule has 94 valence electrons. The third kappa shape index (κ3) is 1.78. The second-order valence-corrected chi connectivity index (χ2v) is 4.83. The summed E-state index contributed by atoms with van der Waals surface area (Å²) in [6, 6.07) is 5.91. The molecular formula is C14H16N2O2. The summed E-state index contributed by atoms with van der Waals surface area (Å²) in [5.74, 6) is 0.769. The Kier molecular flexibility index (Phi) is 2.59. The van der Waals surface area contributed by atoms with E-state index in [0.717, 1.165) is 22.6 Å². The van der Waals surface area contributed by atoms with Gasteiger partial charge < -0.3 is 14.4 Å². The number of ether oxygens (including phenoxy) is 1. The van der Waals surface area contributed by atoms with Gasteiger partial charge in [0.15, 0.2) is 0 Å². The minimum atomic E-state index is -0.478. The molecule has 0 amide bonds. The topological polar surface area (TPSA) is 47.3 Å². The van der Waals surface area contributed by atoms with Gasteiger partial charge in [0.1, 0.15) is 11.9 Å². The minimum absolute atomic E-state index is 0.136. The van der Waals surface area contributed by atoms with Gasteiger partial charge in [-0.05, 0) is 19.1 Å². The highest BCUT2D eigenvalue weighted by Gasteiger charge is 2.29. The number of rotatable bonds is 1. The molecule has 4 heteroatoms. The molecule has 4 nitrogen and oxygen atoms in total. The molecule has 0 saturated heterocycles.